The summed E-state index contributed by atoms with van der Waals surface area (Å²) in [5, 5.41) is 19.2. The first-order chi connectivity index (χ1) is 12.0. The van der Waals surface area contributed by atoms with E-state index in [4.69, 9.17) is 10.5 Å². The van der Waals surface area contributed by atoms with Gasteiger partial charge in [-0.1, -0.05) is 42.5 Å². The molecule has 0 bridgehead atoms. The van der Waals surface area contributed by atoms with Gasteiger partial charge in [-0.05, 0) is 19.4 Å². The standard InChI is InChI=1S/C11H14O3.C8H9N3/c1-7-9(12)10(13)11(14-7)8-5-3-2-4-6-8;1-5-6-3-2-4-7(6)11-8(9)10-5/h2-7,9-13H,1H3;2-3H,4H2,1H3,(H2,9,10,11). The minimum Gasteiger partial charge on any atom is -0.388 e. The topological polar surface area (TPSA) is 101 Å². The molecule has 1 aliphatic heterocycles. The lowest BCUT2D eigenvalue weighted by atomic mass is 10.0. The van der Waals surface area contributed by atoms with E-state index in [1.54, 1.807) is 6.92 Å². The summed E-state index contributed by atoms with van der Waals surface area (Å²) in [6, 6.07) is 9.46. The van der Waals surface area contributed by atoms with Gasteiger partial charge in [0.25, 0.3) is 0 Å². The van der Waals surface area contributed by atoms with E-state index >= 15 is 0 Å². The molecule has 4 N–H and O–H groups in total. The molecule has 6 heteroatoms. The summed E-state index contributed by atoms with van der Waals surface area (Å²) in [4.78, 5) is 8.18. The van der Waals surface area contributed by atoms with Gasteiger partial charge in [0.2, 0.25) is 5.95 Å². The number of aromatic nitrogens is 2. The molecule has 0 amide bonds. The van der Waals surface area contributed by atoms with Crippen LogP contribution in [-0.4, -0.2) is 38.5 Å². The first kappa shape index (κ1) is 17.5. The molecular weight excluding hydrogens is 318 g/mol. The first-order valence-electron chi connectivity index (χ1n) is 8.33. The number of aliphatic hydroxyl groups excluding tert-OH is 2. The van der Waals surface area contributed by atoms with Crippen molar-refractivity contribution in [2.75, 3.05) is 5.73 Å². The average molecular weight is 341 g/mol. The molecule has 1 aromatic carbocycles. The molecule has 1 aliphatic carbocycles. The minimum absolute atomic E-state index is 0.310. The van der Waals surface area contributed by atoms with Gasteiger partial charge in [-0.2, -0.15) is 0 Å². The number of aryl methyl sites for hydroxylation is 1. The number of nitrogen functional groups attached to an aromatic ring is 1. The largest absolute Gasteiger partial charge is 0.388 e. The van der Waals surface area contributed by atoms with Crippen LogP contribution in [0.25, 0.3) is 6.08 Å². The summed E-state index contributed by atoms with van der Waals surface area (Å²) in [7, 11) is 0. The van der Waals surface area contributed by atoms with Crippen LogP contribution in [0.2, 0.25) is 0 Å². The van der Waals surface area contributed by atoms with Gasteiger partial charge in [0.05, 0.1) is 17.5 Å². The Morgan fingerprint density at radius 3 is 2.48 bits per heavy atom. The number of anilines is 1. The second-order valence-electron chi connectivity index (χ2n) is 6.29. The number of nitrogens with zero attached hydrogens (tertiary/aromatic N) is 2. The summed E-state index contributed by atoms with van der Waals surface area (Å²) >= 11 is 0. The second-order valence-corrected chi connectivity index (χ2v) is 6.29. The Hall–Kier alpha value is -2.28. The third-order valence-electron chi connectivity index (χ3n) is 4.46. The zero-order chi connectivity index (χ0) is 18.0. The number of benzene rings is 1. The summed E-state index contributed by atoms with van der Waals surface area (Å²) in [5.41, 5.74) is 9.55. The third kappa shape index (κ3) is 3.71. The van der Waals surface area contributed by atoms with Gasteiger partial charge in [-0.15, -0.1) is 0 Å². The fraction of sp³-hybridized carbons (Fsp3) is 0.368. The average Bonchev–Trinajstić information content (AvgIpc) is 3.17. The number of hydrogen-bond donors (Lipinski definition) is 3. The van der Waals surface area contributed by atoms with Crippen molar-refractivity contribution in [3.8, 4) is 0 Å². The second kappa shape index (κ2) is 7.31. The normalized spacial score (nSPS) is 26.9. The number of fused-ring (bicyclic) bond motifs is 1. The summed E-state index contributed by atoms with van der Waals surface area (Å²) in [6.45, 7) is 3.71. The Morgan fingerprint density at radius 1 is 1.12 bits per heavy atom. The highest BCUT2D eigenvalue weighted by Gasteiger charge is 2.40. The smallest absolute Gasteiger partial charge is 0.220 e. The Labute approximate surface area is 147 Å². The molecule has 0 spiro atoms. The van der Waals surface area contributed by atoms with Crippen molar-refractivity contribution >= 4 is 12.0 Å². The molecule has 0 saturated carbocycles. The number of hydrogen-bond acceptors (Lipinski definition) is 6. The maximum Gasteiger partial charge on any atom is 0.220 e. The molecule has 6 nitrogen and oxygen atoms in total. The highest BCUT2D eigenvalue weighted by atomic mass is 16.5. The van der Waals surface area contributed by atoms with Crippen LogP contribution < -0.4 is 5.73 Å². The van der Waals surface area contributed by atoms with E-state index in [0.717, 1.165) is 28.9 Å². The van der Waals surface area contributed by atoms with Crippen molar-refractivity contribution in [1.29, 1.82) is 0 Å². The van der Waals surface area contributed by atoms with Gasteiger partial charge >= 0.3 is 0 Å². The first-order valence-corrected chi connectivity index (χ1v) is 8.33. The van der Waals surface area contributed by atoms with Crippen LogP contribution in [0.4, 0.5) is 5.95 Å². The lowest BCUT2D eigenvalue weighted by Gasteiger charge is -2.14. The number of allylic oxidation sites excluding steroid dienone is 1. The predicted molar refractivity (Wildman–Crippen MR) is 95.7 cm³/mol. The van der Waals surface area contributed by atoms with E-state index in [1.165, 1.54) is 0 Å². The SMILES string of the molecule is CC1OC(c2ccccc2)C(O)C1O.Cc1nc(N)nc2c1C=CC2. The van der Waals surface area contributed by atoms with E-state index in [9.17, 15) is 10.2 Å². The van der Waals surface area contributed by atoms with Crippen molar-refractivity contribution in [3.63, 3.8) is 0 Å². The Balaban J connectivity index is 0.000000150. The van der Waals surface area contributed by atoms with Crippen LogP contribution >= 0.6 is 0 Å². The van der Waals surface area contributed by atoms with Crippen molar-refractivity contribution in [1.82, 2.24) is 9.97 Å². The van der Waals surface area contributed by atoms with Gasteiger partial charge in [0, 0.05) is 12.0 Å². The summed E-state index contributed by atoms with van der Waals surface area (Å²) in [6.07, 6.45) is 2.68. The minimum atomic E-state index is -0.826. The Bertz CT molecular complexity index is 764. The van der Waals surface area contributed by atoms with E-state index < -0.39 is 18.3 Å². The predicted octanol–water partition coefficient (Wildman–Crippen LogP) is 1.80. The molecule has 132 valence electrons. The molecule has 1 saturated heterocycles. The quantitative estimate of drug-likeness (QED) is 0.731. The Kier molecular flexibility index (Phi) is 5.13. The molecule has 1 fully saturated rings. The van der Waals surface area contributed by atoms with Gasteiger partial charge in [0.15, 0.2) is 0 Å². The van der Waals surface area contributed by atoms with E-state index in [0.29, 0.717) is 5.95 Å². The number of ether oxygens (including phenoxy) is 1. The van der Waals surface area contributed by atoms with Gasteiger partial charge < -0.3 is 20.7 Å². The molecule has 25 heavy (non-hydrogen) atoms. The summed E-state index contributed by atoms with van der Waals surface area (Å²) < 4.78 is 5.47. The van der Waals surface area contributed by atoms with Crippen molar-refractivity contribution in [2.45, 2.75) is 44.7 Å². The highest BCUT2D eigenvalue weighted by molar-refractivity contribution is 5.60. The Morgan fingerprint density at radius 2 is 1.84 bits per heavy atom. The highest BCUT2D eigenvalue weighted by Crippen LogP contribution is 2.32. The van der Waals surface area contributed by atoms with Crippen LogP contribution in [0.3, 0.4) is 0 Å². The number of nitrogens with two attached hydrogens (primary N) is 1. The van der Waals surface area contributed by atoms with E-state index in [1.807, 2.05) is 43.3 Å². The van der Waals surface area contributed by atoms with Crippen molar-refractivity contribution in [3.05, 3.63) is 58.9 Å². The maximum atomic E-state index is 9.71. The van der Waals surface area contributed by atoms with Gasteiger partial charge in [0.1, 0.15) is 18.3 Å². The summed E-state index contributed by atoms with van der Waals surface area (Å²) in [5.74, 6) is 0.380. The number of aliphatic hydroxyl groups is 2. The van der Waals surface area contributed by atoms with Gasteiger partial charge in [-0.3, -0.25) is 0 Å². The number of rotatable bonds is 1. The van der Waals surface area contributed by atoms with Gasteiger partial charge in [-0.25, -0.2) is 9.97 Å². The molecule has 2 aliphatic rings. The lowest BCUT2D eigenvalue weighted by molar-refractivity contribution is 0.0151. The van der Waals surface area contributed by atoms with Crippen LogP contribution in [0.1, 0.15) is 35.5 Å². The van der Waals surface area contributed by atoms with Crippen LogP contribution in [0.5, 0.6) is 0 Å². The molecule has 2 heterocycles. The lowest BCUT2D eigenvalue weighted by Crippen LogP contribution is -2.28. The fourth-order valence-electron chi connectivity index (χ4n) is 3.09. The molecule has 4 unspecified atom stereocenters. The molecule has 1 aromatic heterocycles. The molecule has 2 aromatic rings. The zero-order valence-electron chi connectivity index (χ0n) is 14.3. The van der Waals surface area contributed by atoms with E-state index in [2.05, 4.69) is 16.0 Å². The molecular formula is C19H23N3O3. The van der Waals surface area contributed by atoms with Crippen LogP contribution in [0, 0.1) is 6.92 Å². The van der Waals surface area contributed by atoms with Crippen molar-refractivity contribution < 1.29 is 14.9 Å². The fourth-order valence-corrected chi connectivity index (χ4v) is 3.09. The zero-order valence-corrected chi connectivity index (χ0v) is 14.3. The van der Waals surface area contributed by atoms with E-state index in [-0.39, 0.29) is 6.10 Å². The van der Waals surface area contributed by atoms with Crippen molar-refractivity contribution in [2.24, 2.45) is 0 Å². The van der Waals surface area contributed by atoms with Crippen LogP contribution in [0.15, 0.2) is 36.4 Å². The molecule has 4 atom stereocenters. The van der Waals surface area contributed by atoms with Crippen LogP contribution in [-0.2, 0) is 11.2 Å². The molecule has 4 rings (SSSR count). The third-order valence-corrected chi connectivity index (χ3v) is 4.46. The molecule has 0 radical (unpaired) electrons. The maximum absolute atomic E-state index is 9.71. The monoisotopic (exact) mass is 341 g/mol.